The maximum atomic E-state index is 13.4. The highest BCUT2D eigenvalue weighted by atomic mass is 35.5. The molecule has 0 aliphatic carbocycles. The lowest BCUT2D eigenvalue weighted by atomic mass is 10.2. The second kappa shape index (κ2) is 5.92. The molecule has 0 amide bonds. The summed E-state index contributed by atoms with van der Waals surface area (Å²) in [6.45, 7) is 0. The first-order valence-corrected chi connectivity index (χ1v) is 6.27. The first-order valence-electron chi connectivity index (χ1n) is 5.36. The molecule has 0 heterocycles. The molecule has 2 aromatic rings. The van der Waals surface area contributed by atoms with Gasteiger partial charge in [-0.1, -0.05) is 17.7 Å². The van der Waals surface area contributed by atoms with Crippen molar-refractivity contribution in [3.05, 3.63) is 58.4 Å². The summed E-state index contributed by atoms with van der Waals surface area (Å²) in [5.41, 5.74) is 0.768. The Morgan fingerprint density at radius 3 is 2.42 bits per heavy atom. The summed E-state index contributed by atoms with van der Waals surface area (Å²) < 4.78 is 18.9. The molecule has 2 rings (SSSR count). The van der Waals surface area contributed by atoms with Crippen LogP contribution >= 0.6 is 23.2 Å². The predicted octanol–water partition coefficient (Wildman–Crippen LogP) is 4.88. The van der Waals surface area contributed by atoms with E-state index in [1.165, 1.54) is 12.1 Å². The molecule has 96 valence electrons. The fourth-order valence-corrected chi connectivity index (χ4v) is 2.02. The van der Waals surface area contributed by atoms with Crippen molar-refractivity contribution in [2.24, 2.45) is 0 Å². The smallest absolute Gasteiger partial charge is 0.144 e. The topological polar surface area (TPSA) is 33.0 Å². The molecule has 19 heavy (non-hydrogen) atoms. The third kappa shape index (κ3) is 3.17. The maximum Gasteiger partial charge on any atom is 0.144 e. The Morgan fingerprint density at radius 1 is 1.16 bits per heavy atom. The number of rotatable bonds is 3. The zero-order valence-electron chi connectivity index (χ0n) is 9.66. The summed E-state index contributed by atoms with van der Waals surface area (Å²) >= 11 is 11.7. The molecule has 2 aromatic carbocycles. The van der Waals surface area contributed by atoms with Crippen molar-refractivity contribution in [3.8, 4) is 17.6 Å². The standard InChI is InChI=1S/C14H8Cl2FNO/c15-7-9-1-3-11(5-13(9)16)19-12-4-2-10(8-18)14(17)6-12/h1-6H,7H2. The van der Waals surface area contributed by atoms with Crippen molar-refractivity contribution >= 4 is 23.2 Å². The van der Waals surface area contributed by atoms with E-state index in [0.29, 0.717) is 22.4 Å². The van der Waals surface area contributed by atoms with Gasteiger partial charge in [-0.2, -0.15) is 5.26 Å². The zero-order chi connectivity index (χ0) is 13.8. The predicted molar refractivity (Wildman–Crippen MR) is 72.2 cm³/mol. The summed E-state index contributed by atoms with van der Waals surface area (Å²) in [6, 6.07) is 10.8. The fourth-order valence-electron chi connectivity index (χ4n) is 1.49. The highest BCUT2D eigenvalue weighted by Crippen LogP contribution is 2.28. The monoisotopic (exact) mass is 295 g/mol. The van der Waals surface area contributed by atoms with Gasteiger partial charge >= 0.3 is 0 Å². The number of nitrogens with zero attached hydrogens (tertiary/aromatic N) is 1. The normalized spacial score (nSPS) is 10.0. The third-order valence-corrected chi connectivity index (χ3v) is 3.10. The Morgan fingerprint density at radius 2 is 1.84 bits per heavy atom. The molecule has 0 aliphatic rings. The van der Waals surface area contributed by atoms with Gasteiger partial charge in [0.05, 0.1) is 5.56 Å². The molecule has 0 unspecified atom stereocenters. The Bertz CT molecular complexity index is 652. The quantitative estimate of drug-likeness (QED) is 0.756. The van der Waals surface area contributed by atoms with Crippen LogP contribution in [0.25, 0.3) is 0 Å². The van der Waals surface area contributed by atoms with Gasteiger partial charge in [0.25, 0.3) is 0 Å². The minimum atomic E-state index is -0.622. The van der Waals surface area contributed by atoms with Crippen molar-refractivity contribution < 1.29 is 9.13 Å². The van der Waals surface area contributed by atoms with E-state index >= 15 is 0 Å². The molecule has 0 N–H and O–H groups in total. The Labute approximate surface area is 119 Å². The lowest BCUT2D eigenvalue weighted by molar-refractivity contribution is 0.476. The largest absolute Gasteiger partial charge is 0.457 e. The molecule has 0 atom stereocenters. The van der Waals surface area contributed by atoms with E-state index in [1.807, 2.05) is 0 Å². The number of nitriles is 1. The van der Waals surface area contributed by atoms with Gasteiger partial charge < -0.3 is 4.74 Å². The number of ether oxygens (including phenoxy) is 1. The summed E-state index contributed by atoms with van der Waals surface area (Å²) in [6.07, 6.45) is 0. The van der Waals surface area contributed by atoms with Gasteiger partial charge in [0.2, 0.25) is 0 Å². The van der Waals surface area contributed by atoms with Gasteiger partial charge in [-0.3, -0.25) is 0 Å². The Hall–Kier alpha value is -1.76. The molecule has 0 aliphatic heterocycles. The van der Waals surface area contributed by atoms with Crippen LogP contribution in [0.15, 0.2) is 36.4 Å². The van der Waals surface area contributed by atoms with Crippen LogP contribution in [0.2, 0.25) is 5.02 Å². The first kappa shape index (κ1) is 13.7. The fraction of sp³-hybridized carbons (Fsp3) is 0.0714. The van der Waals surface area contributed by atoms with Gasteiger partial charge in [0.1, 0.15) is 23.4 Å². The van der Waals surface area contributed by atoms with Crippen LogP contribution in [0.3, 0.4) is 0 Å². The van der Waals surface area contributed by atoms with E-state index in [4.69, 9.17) is 33.2 Å². The lowest BCUT2D eigenvalue weighted by Crippen LogP contribution is -1.89. The molecule has 0 aromatic heterocycles. The molecule has 0 spiro atoms. The van der Waals surface area contributed by atoms with E-state index < -0.39 is 5.82 Å². The number of alkyl halides is 1. The van der Waals surface area contributed by atoms with E-state index in [2.05, 4.69) is 0 Å². The molecule has 0 fully saturated rings. The van der Waals surface area contributed by atoms with Crippen LogP contribution in [0.4, 0.5) is 4.39 Å². The zero-order valence-corrected chi connectivity index (χ0v) is 11.2. The van der Waals surface area contributed by atoms with E-state index in [-0.39, 0.29) is 5.56 Å². The molecular weight excluding hydrogens is 288 g/mol. The van der Waals surface area contributed by atoms with Crippen molar-refractivity contribution in [2.75, 3.05) is 0 Å². The van der Waals surface area contributed by atoms with Crippen molar-refractivity contribution in [2.45, 2.75) is 5.88 Å². The van der Waals surface area contributed by atoms with E-state index in [0.717, 1.165) is 11.6 Å². The van der Waals surface area contributed by atoms with Crippen LogP contribution in [-0.2, 0) is 5.88 Å². The maximum absolute atomic E-state index is 13.4. The van der Waals surface area contributed by atoms with E-state index in [1.54, 1.807) is 24.3 Å². The molecule has 0 radical (unpaired) electrons. The molecule has 0 saturated heterocycles. The lowest BCUT2D eigenvalue weighted by Gasteiger charge is -2.08. The summed E-state index contributed by atoms with van der Waals surface area (Å²) in [7, 11) is 0. The van der Waals surface area contributed by atoms with Crippen molar-refractivity contribution in [1.29, 1.82) is 5.26 Å². The van der Waals surface area contributed by atoms with Crippen molar-refractivity contribution in [1.82, 2.24) is 0 Å². The summed E-state index contributed by atoms with van der Waals surface area (Å²) in [5, 5.41) is 9.12. The van der Waals surface area contributed by atoms with Crippen LogP contribution in [-0.4, -0.2) is 0 Å². The number of benzene rings is 2. The number of hydrogen-bond acceptors (Lipinski definition) is 2. The average molecular weight is 296 g/mol. The van der Waals surface area contributed by atoms with Gasteiger partial charge in [0, 0.05) is 17.0 Å². The molecular formula is C14H8Cl2FNO. The second-order valence-electron chi connectivity index (χ2n) is 3.74. The van der Waals surface area contributed by atoms with E-state index in [9.17, 15) is 4.39 Å². The van der Waals surface area contributed by atoms with Crippen LogP contribution in [0.5, 0.6) is 11.5 Å². The molecule has 0 saturated carbocycles. The van der Waals surface area contributed by atoms with Gasteiger partial charge in [-0.15, -0.1) is 11.6 Å². The third-order valence-electron chi connectivity index (χ3n) is 2.47. The van der Waals surface area contributed by atoms with Crippen LogP contribution < -0.4 is 4.74 Å². The summed E-state index contributed by atoms with van der Waals surface area (Å²) in [5.74, 6) is 0.461. The Balaban J connectivity index is 2.24. The summed E-state index contributed by atoms with van der Waals surface area (Å²) in [4.78, 5) is 0. The number of halogens is 3. The van der Waals surface area contributed by atoms with Crippen molar-refractivity contribution in [3.63, 3.8) is 0 Å². The highest BCUT2D eigenvalue weighted by Gasteiger charge is 2.06. The van der Waals surface area contributed by atoms with Gasteiger partial charge in [-0.25, -0.2) is 4.39 Å². The Kier molecular flexibility index (Phi) is 4.26. The molecule has 2 nitrogen and oxygen atoms in total. The average Bonchev–Trinajstić information content (AvgIpc) is 2.39. The number of hydrogen-bond donors (Lipinski definition) is 0. The molecule has 5 heteroatoms. The van der Waals surface area contributed by atoms with Crippen LogP contribution in [0.1, 0.15) is 11.1 Å². The molecule has 0 bridgehead atoms. The highest BCUT2D eigenvalue weighted by molar-refractivity contribution is 6.32. The second-order valence-corrected chi connectivity index (χ2v) is 4.42. The van der Waals surface area contributed by atoms with Gasteiger partial charge in [-0.05, 0) is 29.8 Å². The SMILES string of the molecule is N#Cc1ccc(Oc2ccc(CCl)c(Cl)c2)cc1F. The van der Waals surface area contributed by atoms with Gasteiger partial charge in [0.15, 0.2) is 0 Å². The first-order chi connectivity index (χ1) is 9.13. The minimum Gasteiger partial charge on any atom is -0.457 e. The van der Waals surface area contributed by atoms with Crippen LogP contribution in [0, 0.1) is 17.1 Å². The minimum absolute atomic E-state index is 0.0251.